The quantitative estimate of drug-likeness (QED) is 0.700. The maximum Gasteiger partial charge on any atom is 0.0417 e. The molecule has 0 atom stereocenters. The molecule has 1 aromatic rings. The van der Waals surface area contributed by atoms with Gasteiger partial charge < -0.3 is 5.32 Å². The molecule has 0 saturated carbocycles. The zero-order valence-electron chi connectivity index (χ0n) is 8.51. The van der Waals surface area contributed by atoms with E-state index < -0.39 is 0 Å². The van der Waals surface area contributed by atoms with E-state index in [1.807, 2.05) is 12.3 Å². The van der Waals surface area contributed by atoms with Gasteiger partial charge in [0.15, 0.2) is 0 Å². The molecule has 1 heterocycles. The Balaban J connectivity index is 2.32. The standard InChI is InChI=1S/C11H18N2/c1-3-4-7-12-9-11-6-5-8-13-10(11)2/h5-6,8,12H,3-4,7,9H2,1-2H3. The highest BCUT2D eigenvalue weighted by Crippen LogP contribution is 2.02. The number of hydrogen-bond donors (Lipinski definition) is 1. The van der Waals surface area contributed by atoms with Gasteiger partial charge in [-0.05, 0) is 31.5 Å². The van der Waals surface area contributed by atoms with Gasteiger partial charge in [0.05, 0.1) is 0 Å². The molecule has 0 aliphatic rings. The lowest BCUT2D eigenvalue weighted by molar-refractivity contribution is 0.638. The van der Waals surface area contributed by atoms with Gasteiger partial charge >= 0.3 is 0 Å². The van der Waals surface area contributed by atoms with E-state index in [9.17, 15) is 0 Å². The van der Waals surface area contributed by atoms with Crippen LogP contribution in [0.5, 0.6) is 0 Å². The fourth-order valence-corrected chi connectivity index (χ4v) is 1.23. The molecule has 0 radical (unpaired) electrons. The largest absolute Gasteiger partial charge is 0.313 e. The van der Waals surface area contributed by atoms with Gasteiger partial charge in [0, 0.05) is 18.4 Å². The van der Waals surface area contributed by atoms with Crippen molar-refractivity contribution in [3.05, 3.63) is 29.6 Å². The van der Waals surface area contributed by atoms with Crippen LogP contribution in [0.2, 0.25) is 0 Å². The predicted molar refractivity (Wildman–Crippen MR) is 55.6 cm³/mol. The molecule has 1 aromatic heterocycles. The van der Waals surface area contributed by atoms with Crippen molar-refractivity contribution in [2.45, 2.75) is 33.2 Å². The minimum absolute atomic E-state index is 0.944. The Morgan fingerprint density at radius 2 is 2.31 bits per heavy atom. The summed E-state index contributed by atoms with van der Waals surface area (Å²) in [7, 11) is 0. The highest BCUT2D eigenvalue weighted by molar-refractivity contribution is 5.17. The van der Waals surface area contributed by atoms with Crippen molar-refractivity contribution in [1.82, 2.24) is 10.3 Å². The number of nitrogens with zero attached hydrogens (tertiary/aromatic N) is 1. The number of unbranched alkanes of at least 4 members (excludes halogenated alkanes) is 1. The average molecular weight is 178 g/mol. The van der Waals surface area contributed by atoms with Crippen molar-refractivity contribution < 1.29 is 0 Å². The average Bonchev–Trinajstić information content (AvgIpc) is 2.15. The van der Waals surface area contributed by atoms with Gasteiger partial charge in [-0.15, -0.1) is 0 Å². The molecular weight excluding hydrogens is 160 g/mol. The third-order valence-electron chi connectivity index (χ3n) is 2.14. The van der Waals surface area contributed by atoms with Crippen LogP contribution in [0.4, 0.5) is 0 Å². The maximum absolute atomic E-state index is 4.24. The molecule has 1 rings (SSSR count). The van der Waals surface area contributed by atoms with E-state index in [0.717, 1.165) is 18.8 Å². The zero-order valence-corrected chi connectivity index (χ0v) is 8.51. The molecule has 0 amide bonds. The van der Waals surface area contributed by atoms with Crippen LogP contribution < -0.4 is 5.32 Å². The molecule has 72 valence electrons. The Morgan fingerprint density at radius 3 is 3.00 bits per heavy atom. The summed E-state index contributed by atoms with van der Waals surface area (Å²) in [6.45, 7) is 6.30. The molecule has 0 aromatic carbocycles. The van der Waals surface area contributed by atoms with Crippen LogP contribution in [0.15, 0.2) is 18.3 Å². The fraction of sp³-hybridized carbons (Fsp3) is 0.545. The summed E-state index contributed by atoms with van der Waals surface area (Å²) in [5, 5.41) is 3.40. The van der Waals surface area contributed by atoms with Gasteiger partial charge in [-0.2, -0.15) is 0 Å². The van der Waals surface area contributed by atoms with E-state index in [0.29, 0.717) is 0 Å². The number of aromatic nitrogens is 1. The Bertz CT molecular complexity index is 246. The second-order valence-corrected chi connectivity index (χ2v) is 3.28. The molecule has 0 aliphatic carbocycles. The van der Waals surface area contributed by atoms with Crippen molar-refractivity contribution >= 4 is 0 Å². The minimum Gasteiger partial charge on any atom is -0.313 e. The molecule has 0 spiro atoms. The SMILES string of the molecule is CCCCNCc1cccnc1C. The first-order valence-corrected chi connectivity index (χ1v) is 4.95. The van der Waals surface area contributed by atoms with Crippen molar-refractivity contribution in [2.24, 2.45) is 0 Å². The van der Waals surface area contributed by atoms with Gasteiger partial charge in [0.2, 0.25) is 0 Å². The lowest BCUT2D eigenvalue weighted by Gasteiger charge is -2.05. The van der Waals surface area contributed by atoms with Gasteiger partial charge in [-0.3, -0.25) is 4.98 Å². The Kier molecular flexibility index (Phi) is 4.47. The first kappa shape index (κ1) is 10.2. The van der Waals surface area contributed by atoms with E-state index in [1.165, 1.54) is 18.4 Å². The van der Waals surface area contributed by atoms with Crippen LogP contribution >= 0.6 is 0 Å². The third-order valence-corrected chi connectivity index (χ3v) is 2.14. The Hall–Kier alpha value is -0.890. The summed E-state index contributed by atoms with van der Waals surface area (Å²) in [4.78, 5) is 4.24. The lowest BCUT2D eigenvalue weighted by Crippen LogP contribution is -2.15. The van der Waals surface area contributed by atoms with Crippen LogP contribution in [-0.2, 0) is 6.54 Å². The molecule has 2 nitrogen and oxygen atoms in total. The van der Waals surface area contributed by atoms with Crippen LogP contribution in [0.25, 0.3) is 0 Å². The molecule has 0 unspecified atom stereocenters. The maximum atomic E-state index is 4.24. The summed E-state index contributed by atoms with van der Waals surface area (Å²) in [5.41, 5.74) is 2.44. The van der Waals surface area contributed by atoms with Crippen LogP contribution in [0.3, 0.4) is 0 Å². The molecule has 13 heavy (non-hydrogen) atoms. The van der Waals surface area contributed by atoms with Gasteiger partial charge in [-0.25, -0.2) is 0 Å². The van der Waals surface area contributed by atoms with Gasteiger partial charge in [0.25, 0.3) is 0 Å². The highest BCUT2D eigenvalue weighted by atomic mass is 14.8. The third kappa shape index (κ3) is 3.55. The monoisotopic (exact) mass is 178 g/mol. The Morgan fingerprint density at radius 1 is 1.46 bits per heavy atom. The summed E-state index contributed by atoms with van der Waals surface area (Å²) in [6, 6.07) is 4.12. The zero-order chi connectivity index (χ0) is 9.52. The van der Waals surface area contributed by atoms with Crippen molar-refractivity contribution in [3.63, 3.8) is 0 Å². The molecule has 0 saturated heterocycles. The van der Waals surface area contributed by atoms with Gasteiger partial charge in [0.1, 0.15) is 0 Å². The van der Waals surface area contributed by atoms with E-state index in [4.69, 9.17) is 0 Å². The number of nitrogens with one attached hydrogen (secondary N) is 1. The van der Waals surface area contributed by atoms with E-state index in [2.05, 4.69) is 30.2 Å². The smallest absolute Gasteiger partial charge is 0.0417 e. The minimum atomic E-state index is 0.944. The molecule has 1 N–H and O–H groups in total. The lowest BCUT2D eigenvalue weighted by atomic mass is 10.2. The van der Waals surface area contributed by atoms with Crippen LogP contribution in [-0.4, -0.2) is 11.5 Å². The molecular formula is C11H18N2. The molecule has 0 aliphatic heterocycles. The summed E-state index contributed by atoms with van der Waals surface area (Å²) < 4.78 is 0. The Labute approximate surface area is 80.4 Å². The first-order chi connectivity index (χ1) is 6.34. The van der Waals surface area contributed by atoms with Crippen LogP contribution in [0, 0.1) is 6.92 Å². The first-order valence-electron chi connectivity index (χ1n) is 4.95. The van der Waals surface area contributed by atoms with Crippen LogP contribution in [0.1, 0.15) is 31.0 Å². The topological polar surface area (TPSA) is 24.9 Å². The second-order valence-electron chi connectivity index (χ2n) is 3.28. The summed E-state index contributed by atoms with van der Waals surface area (Å²) >= 11 is 0. The summed E-state index contributed by atoms with van der Waals surface area (Å²) in [6.07, 6.45) is 4.34. The highest BCUT2D eigenvalue weighted by Gasteiger charge is 1.95. The van der Waals surface area contributed by atoms with E-state index in [1.54, 1.807) is 0 Å². The molecule has 2 heteroatoms. The molecule has 0 fully saturated rings. The second kappa shape index (κ2) is 5.70. The van der Waals surface area contributed by atoms with Crippen molar-refractivity contribution in [3.8, 4) is 0 Å². The predicted octanol–water partition coefficient (Wildman–Crippen LogP) is 2.28. The van der Waals surface area contributed by atoms with E-state index >= 15 is 0 Å². The summed E-state index contributed by atoms with van der Waals surface area (Å²) in [5.74, 6) is 0. The van der Waals surface area contributed by atoms with Gasteiger partial charge in [-0.1, -0.05) is 19.4 Å². The fourth-order valence-electron chi connectivity index (χ4n) is 1.23. The number of pyridine rings is 1. The van der Waals surface area contributed by atoms with E-state index in [-0.39, 0.29) is 0 Å². The van der Waals surface area contributed by atoms with Crippen molar-refractivity contribution in [1.29, 1.82) is 0 Å². The number of aryl methyl sites for hydroxylation is 1. The molecule has 0 bridgehead atoms. The number of hydrogen-bond acceptors (Lipinski definition) is 2. The number of rotatable bonds is 5. The normalized spacial score (nSPS) is 10.3. The van der Waals surface area contributed by atoms with Crippen molar-refractivity contribution in [2.75, 3.05) is 6.54 Å².